The van der Waals surface area contributed by atoms with Gasteiger partial charge in [0, 0.05) is 11.3 Å². The Balaban J connectivity index is 3.04. The molecule has 0 aliphatic carbocycles. The third-order valence-electron chi connectivity index (χ3n) is 2.27. The molecule has 0 bridgehead atoms. The molecule has 0 saturated heterocycles. The Morgan fingerprint density at radius 1 is 1.28 bits per heavy atom. The van der Waals surface area contributed by atoms with Crippen LogP contribution in [-0.4, -0.2) is 24.1 Å². The molecule has 0 saturated carbocycles. The molecule has 1 aromatic carbocycles. The molecule has 96 valence electrons. The minimum Gasteiger partial charge on any atom is -0.462 e. The zero-order chi connectivity index (χ0) is 13.7. The van der Waals surface area contributed by atoms with E-state index in [-0.39, 0.29) is 35.6 Å². The maximum Gasteiger partial charge on any atom is 0.338 e. The maximum atomic E-state index is 11.8. The molecule has 0 unspecified atom stereocenters. The quantitative estimate of drug-likeness (QED) is 0.371. The lowest BCUT2D eigenvalue weighted by atomic mass is 10.0. The number of carbonyl (C=O) groups is 3. The number of anilines is 1. The Kier molecular flexibility index (Phi) is 4.59. The molecule has 0 heterocycles. The summed E-state index contributed by atoms with van der Waals surface area (Å²) in [6, 6.07) is 4.30. The van der Waals surface area contributed by atoms with Crippen LogP contribution < -0.4 is 5.73 Å². The Bertz CT molecular complexity index is 494. The standard InChI is InChI=1S/C13H15NO4/c1-3-18-13(17)9-4-5-11(14)10(7-9)12(16)6-8(2)15/h4-5,7H,3,6,14H2,1-2H3. The van der Waals surface area contributed by atoms with E-state index < -0.39 is 11.8 Å². The summed E-state index contributed by atoms with van der Waals surface area (Å²) in [5, 5.41) is 0. The Morgan fingerprint density at radius 3 is 2.50 bits per heavy atom. The average Bonchev–Trinajstić information content (AvgIpc) is 2.28. The fourth-order valence-electron chi connectivity index (χ4n) is 1.46. The minimum absolute atomic E-state index is 0.177. The van der Waals surface area contributed by atoms with Crippen LogP contribution in [0.4, 0.5) is 5.69 Å². The lowest BCUT2D eigenvalue weighted by molar-refractivity contribution is -0.116. The number of esters is 1. The SMILES string of the molecule is CCOC(=O)c1ccc(N)c(C(=O)CC(C)=O)c1. The normalized spacial score (nSPS) is 9.89. The van der Waals surface area contributed by atoms with E-state index in [4.69, 9.17) is 10.5 Å². The highest BCUT2D eigenvalue weighted by Gasteiger charge is 2.15. The second-order valence-electron chi connectivity index (χ2n) is 3.82. The van der Waals surface area contributed by atoms with Crippen molar-refractivity contribution in [1.29, 1.82) is 0 Å². The first-order valence-electron chi connectivity index (χ1n) is 5.55. The van der Waals surface area contributed by atoms with Gasteiger partial charge in [-0.25, -0.2) is 4.79 Å². The number of ether oxygens (including phenoxy) is 1. The monoisotopic (exact) mass is 249 g/mol. The fraction of sp³-hybridized carbons (Fsp3) is 0.308. The van der Waals surface area contributed by atoms with Crippen LogP contribution in [0.15, 0.2) is 18.2 Å². The fourth-order valence-corrected chi connectivity index (χ4v) is 1.46. The van der Waals surface area contributed by atoms with Gasteiger partial charge in [-0.15, -0.1) is 0 Å². The Morgan fingerprint density at radius 2 is 1.94 bits per heavy atom. The number of nitrogen functional groups attached to an aromatic ring is 1. The molecule has 0 aliphatic heterocycles. The molecule has 5 nitrogen and oxygen atoms in total. The molecule has 0 aromatic heterocycles. The molecule has 0 aliphatic rings. The predicted octanol–water partition coefficient (Wildman–Crippen LogP) is 1.61. The van der Waals surface area contributed by atoms with Crippen molar-refractivity contribution in [2.45, 2.75) is 20.3 Å². The Hall–Kier alpha value is -2.17. The van der Waals surface area contributed by atoms with Crippen LogP contribution in [0.2, 0.25) is 0 Å². The van der Waals surface area contributed by atoms with Gasteiger partial charge in [0.1, 0.15) is 5.78 Å². The minimum atomic E-state index is -0.519. The van der Waals surface area contributed by atoms with Crippen LogP contribution in [0.1, 0.15) is 41.0 Å². The second kappa shape index (κ2) is 5.95. The van der Waals surface area contributed by atoms with Crippen molar-refractivity contribution in [1.82, 2.24) is 0 Å². The molecule has 0 atom stereocenters. The van der Waals surface area contributed by atoms with Gasteiger partial charge in [-0.2, -0.15) is 0 Å². The third kappa shape index (κ3) is 3.41. The molecule has 0 radical (unpaired) electrons. The topological polar surface area (TPSA) is 86.5 Å². The van der Waals surface area contributed by atoms with Crippen molar-refractivity contribution in [3.8, 4) is 0 Å². The summed E-state index contributed by atoms with van der Waals surface area (Å²) in [6.07, 6.45) is -0.226. The summed E-state index contributed by atoms with van der Waals surface area (Å²) in [5.74, 6) is -1.17. The first kappa shape index (κ1) is 13.9. The molecule has 2 N–H and O–H groups in total. The van der Waals surface area contributed by atoms with Crippen molar-refractivity contribution in [3.63, 3.8) is 0 Å². The largest absolute Gasteiger partial charge is 0.462 e. The summed E-state index contributed by atoms with van der Waals surface area (Å²) in [5.41, 5.74) is 6.33. The molecule has 0 fully saturated rings. The number of carbonyl (C=O) groups excluding carboxylic acids is 3. The zero-order valence-corrected chi connectivity index (χ0v) is 10.4. The lowest BCUT2D eigenvalue weighted by Gasteiger charge is -2.07. The van der Waals surface area contributed by atoms with Crippen molar-refractivity contribution < 1.29 is 19.1 Å². The van der Waals surface area contributed by atoms with Crippen molar-refractivity contribution in [3.05, 3.63) is 29.3 Å². The lowest BCUT2D eigenvalue weighted by Crippen LogP contribution is -2.11. The molecule has 5 heteroatoms. The molecule has 0 spiro atoms. The van der Waals surface area contributed by atoms with Crippen molar-refractivity contribution in [2.75, 3.05) is 12.3 Å². The van der Waals surface area contributed by atoms with Gasteiger partial charge in [-0.3, -0.25) is 9.59 Å². The van der Waals surface area contributed by atoms with E-state index in [0.29, 0.717) is 0 Å². The summed E-state index contributed by atoms with van der Waals surface area (Å²) < 4.78 is 4.83. The van der Waals surface area contributed by atoms with Crippen LogP contribution in [0.25, 0.3) is 0 Å². The van der Waals surface area contributed by atoms with E-state index in [1.54, 1.807) is 6.92 Å². The van der Waals surface area contributed by atoms with E-state index in [2.05, 4.69) is 0 Å². The van der Waals surface area contributed by atoms with Crippen LogP contribution in [0.5, 0.6) is 0 Å². The number of nitrogens with two attached hydrogens (primary N) is 1. The van der Waals surface area contributed by atoms with Gasteiger partial charge in [0.25, 0.3) is 0 Å². The number of rotatable bonds is 5. The van der Waals surface area contributed by atoms with E-state index in [9.17, 15) is 14.4 Å². The van der Waals surface area contributed by atoms with E-state index >= 15 is 0 Å². The predicted molar refractivity (Wildman–Crippen MR) is 66.4 cm³/mol. The maximum absolute atomic E-state index is 11.8. The van der Waals surface area contributed by atoms with Gasteiger partial charge in [0.2, 0.25) is 0 Å². The highest BCUT2D eigenvalue weighted by Crippen LogP contribution is 2.17. The first-order valence-corrected chi connectivity index (χ1v) is 5.55. The summed E-state index contributed by atoms with van der Waals surface area (Å²) >= 11 is 0. The van der Waals surface area contributed by atoms with Crippen LogP contribution in [0, 0.1) is 0 Å². The summed E-state index contributed by atoms with van der Waals surface area (Å²) in [6.45, 7) is 3.26. The molecule has 0 amide bonds. The highest BCUT2D eigenvalue weighted by molar-refractivity contribution is 6.10. The molecule has 1 aromatic rings. The molecule has 1 rings (SSSR count). The molecule has 18 heavy (non-hydrogen) atoms. The zero-order valence-electron chi connectivity index (χ0n) is 10.4. The molecular formula is C13H15NO4. The number of hydrogen-bond donors (Lipinski definition) is 1. The number of benzene rings is 1. The Labute approximate surface area is 105 Å². The van der Waals surface area contributed by atoms with Gasteiger partial charge in [0.15, 0.2) is 5.78 Å². The first-order chi connectivity index (χ1) is 8.45. The molecular weight excluding hydrogens is 234 g/mol. The third-order valence-corrected chi connectivity index (χ3v) is 2.27. The van der Waals surface area contributed by atoms with Gasteiger partial charge in [-0.05, 0) is 32.0 Å². The van der Waals surface area contributed by atoms with Crippen LogP contribution >= 0.6 is 0 Å². The number of Topliss-reactive ketones (excluding diaryl/α,β-unsaturated/α-hetero) is 2. The number of hydrogen-bond acceptors (Lipinski definition) is 5. The van der Waals surface area contributed by atoms with Crippen molar-refractivity contribution in [2.24, 2.45) is 0 Å². The van der Waals surface area contributed by atoms with Gasteiger partial charge in [-0.1, -0.05) is 0 Å². The van der Waals surface area contributed by atoms with Crippen LogP contribution in [0.3, 0.4) is 0 Å². The summed E-state index contributed by atoms with van der Waals surface area (Å²) in [4.78, 5) is 34.2. The number of ketones is 2. The van der Waals surface area contributed by atoms with E-state index in [1.165, 1.54) is 25.1 Å². The van der Waals surface area contributed by atoms with Crippen LogP contribution in [-0.2, 0) is 9.53 Å². The highest BCUT2D eigenvalue weighted by atomic mass is 16.5. The van der Waals surface area contributed by atoms with Gasteiger partial charge in [0.05, 0.1) is 18.6 Å². The van der Waals surface area contributed by atoms with Gasteiger partial charge < -0.3 is 10.5 Å². The van der Waals surface area contributed by atoms with E-state index in [0.717, 1.165) is 0 Å². The smallest absolute Gasteiger partial charge is 0.338 e. The average molecular weight is 249 g/mol. The summed E-state index contributed by atoms with van der Waals surface area (Å²) in [7, 11) is 0. The van der Waals surface area contributed by atoms with Gasteiger partial charge >= 0.3 is 5.97 Å². The van der Waals surface area contributed by atoms with E-state index in [1.807, 2.05) is 0 Å². The second-order valence-corrected chi connectivity index (χ2v) is 3.82. The van der Waals surface area contributed by atoms with Crippen molar-refractivity contribution >= 4 is 23.2 Å².